The molecule has 0 fully saturated rings. The van der Waals surface area contributed by atoms with E-state index in [1.165, 1.54) is 24.3 Å². The summed E-state index contributed by atoms with van der Waals surface area (Å²) in [5.41, 5.74) is 1.49. The van der Waals surface area contributed by atoms with E-state index in [-0.39, 0.29) is 10.8 Å². The van der Waals surface area contributed by atoms with Crippen LogP contribution in [0, 0.1) is 6.92 Å². The molecule has 0 saturated heterocycles. The van der Waals surface area contributed by atoms with Gasteiger partial charge in [0.05, 0.1) is 17.7 Å². The molecule has 0 saturated carbocycles. The molecule has 0 aliphatic heterocycles. The van der Waals surface area contributed by atoms with Crippen molar-refractivity contribution in [2.45, 2.75) is 31.3 Å². The van der Waals surface area contributed by atoms with Gasteiger partial charge in [-0.25, -0.2) is 8.42 Å². The van der Waals surface area contributed by atoms with E-state index in [4.69, 9.17) is 21.1 Å². The van der Waals surface area contributed by atoms with Crippen LogP contribution in [0.2, 0.25) is 5.02 Å². The van der Waals surface area contributed by atoms with Gasteiger partial charge in [-0.05, 0) is 67.4 Å². The number of amides is 1. The standard InChI is InChI=1S/C24H25ClN2O5S/c1-4-23(32-19-8-5-7-18(15-19)31-3)24(28)26-17-11-13-20(14-12-17)33(29,30)27-22-10-6-9-21(25)16(22)2/h5-15,23,27H,4H2,1-3H3,(H,26,28)/t23-/m1/s1. The topological polar surface area (TPSA) is 93.7 Å². The number of carbonyl (C=O) groups is 1. The van der Waals surface area contributed by atoms with Crippen LogP contribution >= 0.6 is 11.6 Å². The minimum Gasteiger partial charge on any atom is -0.497 e. The maximum Gasteiger partial charge on any atom is 0.265 e. The molecule has 2 N–H and O–H groups in total. The van der Waals surface area contributed by atoms with E-state index in [9.17, 15) is 13.2 Å². The number of rotatable bonds is 9. The van der Waals surface area contributed by atoms with Crippen molar-refractivity contribution in [3.8, 4) is 11.5 Å². The number of methoxy groups -OCH3 is 1. The van der Waals surface area contributed by atoms with Gasteiger partial charge in [0.25, 0.3) is 15.9 Å². The molecule has 3 aromatic carbocycles. The van der Waals surface area contributed by atoms with Crippen LogP contribution in [0.1, 0.15) is 18.9 Å². The van der Waals surface area contributed by atoms with Gasteiger partial charge in [-0.2, -0.15) is 0 Å². The Balaban J connectivity index is 1.68. The Morgan fingerprint density at radius 1 is 1.03 bits per heavy atom. The summed E-state index contributed by atoms with van der Waals surface area (Å²) in [5.74, 6) is 0.796. The van der Waals surface area contributed by atoms with E-state index < -0.39 is 16.1 Å². The molecule has 3 rings (SSSR count). The van der Waals surface area contributed by atoms with Crippen LogP contribution in [0.15, 0.2) is 71.6 Å². The number of ether oxygens (including phenoxy) is 2. The fourth-order valence-corrected chi connectivity index (χ4v) is 4.32. The summed E-state index contributed by atoms with van der Waals surface area (Å²) in [4.78, 5) is 12.7. The van der Waals surface area contributed by atoms with Crippen LogP contribution in [0.3, 0.4) is 0 Å². The second kappa shape index (κ2) is 10.6. The van der Waals surface area contributed by atoms with E-state index in [1.807, 2.05) is 6.92 Å². The molecular formula is C24H25ClN2O5S. The zero-order valence-electron chi connectivity index (χ0n) is 18.5. The third-order valence-electron chi connectivity index (χ3n) is 4.93. The molecule has 33 heavy (non-hydrogen) atoms. The van der Waals surface area contributed by atoms with Gasteiger partial charge in [0, 0.05) is 16.8 Å². The van der Waals surface area contributed by atoms with Crippen molar-refractivity contribution in [1.29, 1.82) is 0 Å². The molecule has 0 unspecified atom stereocenters. The van der Waals surface area contributed by atoms with Gasteiger partial charge in [0.1, 0.15) is 11.5 Å². The Bertz CT molecular complexity index is 1230. The predicted octanol–water partition coefficient (Wildman–Crippen LogP) is 5.25. The molecule has 0 aliphatic carbocycles. The molecule has 0 radical (unpaired) electrons. The molecule has 1 amide bonds. The average molecular weight is 489 g/mol. The van der Waals surface area contributed by atoms with E-state index in [0.717, 1.165) is 0 Å². The fraction of sp³-hybridized carbons (Fsp3) is 0.208. The number of hydrogen-bond acceptors (Lipinski definition) is 5. The Morgan fingerprint density at radius 3 is 2.36 bits per heavy atom. The Morgan fingerprint density at radius 2 is 1.70 bits per heavy atom. The van der Waals surface area contributed by atoms with Gasteiger partial charge in [-0.3, -0.25) is 9.52 Å². The lowest BCUT2D eigenvalue weighted by Gasteiger charge is -2.18. The fourth-order valence-electron chi connectivity index (χ4n) is 3.02. The van der Waals surface area contributed by atoms with Gasteiger partial charge in [-0.1, -0.05) is 30.7 Å². The number of hydrogen-bond donors (Lipinski definition) is 2. The first-order chi connectivity index (χ1) is 15.7. The van der Waals surface area contributed by atoms with E-state index in [1.54, 1.807) is 56.5 Å². The second-order valence-electron chi connectivity index (χ2n) is 7.23. The normalized spacial score (nSPS) is 12.0. The number of halogens is 1. The van der Waals surface area contributed by atoms with E-state index >= 15 is 0 Å². The van der Waals surface area contributed by atoms with Gasteiger partial charge in [-0.15, -0.1) is 0 Å². The van der Waals surface area contributed by atoms with Crippen molar-refractivity contribution in [1.82, 2.24) is 0 Å². The molecule has 3 aromatic rings. The largest absolute Gasteiger partial charge is 0.497 e. The zero-order valence-corrected chi connectivity index (χ0v) is 20.0. The van der Waals surface area contributed by atoms with Gasteiger partial charge in [0.2, 0.25) is 0 Å². The highest BCUT2D eigenvalue weighted by molar-refractivity contribution is 7.92. The first-order valence-electron chi connectivity index (χ1n) is 10.2. The SMILES string of the molecule is CC[C@@H](Oc1cccc(OC)c1)C(=O)Nc1ccc(S(=O)(=O)Nc2cccc(Cl)c2C)cc1. The zero-order chi connectivity index (χ0) is 24.0. The molecule has 0 bridgehead atoms. The molecule has 0 spiro atoms. The maximum absolute atomic E-state index is 12.7. The molecule has 7 nitrogen and oxygen atoms in total. The quantitative estimate of drug-likeness (QED) is 0.429. The number of anilines is 2. The summed E-state index contributed by atoms with van der Waals surface area (Å²) in [6, 6.07) is 17.9. The first kappa shape index (κ1) is 24.4. The minimum atomic E-state index is -3.82. The van der Waals surface area contributed by atoms with Crippen LogP contribution in [0.5, 0.6) is 11.5 Å². The summed E-state index contributed by atoms with van der Waals surface area (Å²) in [6.45, 7) is 3.57. The number of sulfonamides is 1. The van der Waals surface area contributed by atoms with Crippen LogP contribution < -0.4 is 19.5 Å². The van der Waals surface area contributed by atoms with Crippen molar-refractivity contribution >= 4 is 38.9 Å². The summed E-state index contributed by atoms with van der Waals surface area (Å²) in [7, 11) is -2.27. The Hall–Kier alpha value is -3.23. The van der Waals surface area contributed by atoms with Gasteiger partial charge in [0.15, 0.2) is 6.10 Å². The number of carbonyl (C=O) groups excluding carboxylic acids is 1. The van der Waals surface area contributed by atoms with Crippen LogP contribution in [0.4, 0.5) is 11.4 Å². The summed E-state index contributed by atoms with van der Waals surface area (Å²) in [5, 5.41) is 3.23. The second-order valence-corrected chi connectivity index (χ2v) is 9.31. The molecule has 174 valence electrons. The summed E-state index contributed by atoms with van der Waals surface area (Å²) >= 11 is 6.07. The molecular weight excluding hydrogens is 464 g/mol. The lowest BCUT2D eigenvalue weighted by atomic mass is 10.2. The number of benzene rings is 3. The van der Waals surface area contributed by atoms with Gasteiger partial charge < -0.3 is 14.8 Å². The molecule has 9 heteroatoms. The molecule has 0 aliphatic rings. The Labute approximate surface area is 198 Å². The molecule has 0 heterocycles. The average Bonchev–Trinajstić information content (AvgIpc) is 2.80. The monoisotopic (exact) mass is 488 g/mol. The van der Waals surface area contributed by atoms with E-state index in [2.05, 4.69) is 10.0 Å². The van der Waals surface area contributed by atoms with Crippen LogP contribution in [-0.4, -0.2) is 27.5 Å². The van der Waals surface area contributed by atoms with Crippen molar-refractivity contribution in [2.24, 2.45) is 0 Å². The van der Waals surface area contributed by atoms with Crippen molar-refractivity contribution in [2.75, 3.05) is 17.1 Å². The van der Waals surface area contributed by atoms with Crippen LogP contribution in [0.25, 0.3) is 0 Å². The first-order valence-corrected chi connectivity index (χ1v) is 12.1. The van der Waals surface area contributed by atoms with Crippen LogP contribution in [-0.2, 0) is 14.8 Å². The Kier molecular flexibility index (Phi) is 7.84. The third-order valence-corrected chi connectivity index (χ3v) is 6.72. The smallest absolute Gasteiger partial charge is 0.265 e. The summed E-state index contributed by atoms with van der Waals surface area (Å²) in [6.07, 6.45) is -0.286. The van der Waals surface area contributed by atoms with E-state index in [0.29, 0.717) is 39.9 Å². The van der Waals surface area contributed by atoms with Crippen molar-refractivity contribution in [3.63, 3.8) is 0 Å². The highest BCUT2D eigenvalue weighted by Crippen LogP contribution is 2.26. The van der Waals surface area contributed by atoms with Crippen molar-refractivity contribution in [3.05, 3.63) is 77.3 Å². The lowest BCUT2D eigenvalue weighted by molar-refractivity contribution is -0.122. The maximum atomic E-state index is 12.7. The highest BCUT2D eigenvalue weighted by Gasteiger charge is 2.20. The highest BCUT2D eigenvalue weighted by atomic mass is 35.5. The third kappa shape index (κ3) is 6.18. The summed E-state index contributed by atoms with van der Waals surface area (Å²) < 4.78 is 39.0. The molecule has 1 atom stereocenters. The predicted molar refractivity (Wildman–Crippen MR) is 130 cm³/mol. The molecule has 0 aromatic heterocycles. The van der Waals surface area contributed by atoms with Crippen molar-refractivity contribution < 1.29 is 22.7 Å². The lowest BCUT2D eigenvalue weighted by Crippen LogP contribution is -2.32. The number of nitrogens with one attached hydrogen (secondary N) is 2. The minimum absolute atomic E-state index is 0.0551. The van der Waals surface area contributed by atoms with Gasteiger partial charge >= 0.3 is 0 Å².